The summed E-state index contributed by atoms with van der Waals surface area (Å²) < 4.78 is 13.4. The topological polar surface area (TPSA) is 41.1 Å². The third-order valence-electron chi connectivity index (χ3n) is 2.10. The molecule has 0 heterocycles. The Balaban J connectivity index is 2.59. The van der Waals surface area contributed by atoms with Crippen LogP contribution in [0.3, 0.4) is 0 Å². The van der Waals surface area contributed by atoms with E-state index in [1.54, 1.807) is 19.2 Å². The summed E-state index contributed by atoms with van der Waals surface area (Å²) in [5.41, 5.74) is 0.782. The van der Waals surface area contributed by atoms with Gasteiger partial charge < -0.3 is 10.6 Å². The lowest BCUT2D eigenvalue weighted by Gasteiger charge is -2.14. The van der Waals surface area contributed by atoms with E-state index in [2.05, 4.69) is 26.6 Å². The third-order valence-corrected chi connectivity index (χ3v) is 2.71. The zero-order chi connectivity index (χ0) is 12.1. The molecule has 1 unspecified atom stereocenters. The molecular weight excluding hydrogens is 275 g/mol. The van der Waals surface area contributed by atoms with E-state index in [1.807, 2.05) is 6.92 Å². The Hall–Kier alpha value is -1.10. The van der Waals surface area contributed by atoms with Gasteiger partial charge in [-0.3, -0.25) is 4.79 Å². The number of benzene rings is 1. The largest absolute Gasteiger partial charge is 0.382 e. The SMILES string of the molecule is CNC(=O)CC(C)Nc1ccc(F)c(Br)c1. The Morgan fingerprint density at radius 2 is 2.25 bits per heavy atom. The summed E-state index contributed by atoms with van der Waals surface area (Å²) in [5.74, 6) is -0.328. The summed E-state index contributed by atoms with van der Waals surface area (Å²) in [6.45, 7) is 1.90. The average molecular weight is 289 g/mol. The Bertz CT molecular complexity index is 384. The normalized spacial score (nSPS) is 12.0. The van der Waals surface area contributed by atoms with Gasteiger partial charge in [0.1, 0.15) is 5.82 Å². The van der Waals surface area contributed by atoms with Gasteiger partial charge in [0, 0.05) is 25.2 Å². The van der Waals surface area contributed by atoms with Crippen LogP contribution in [-0.2, 0) is 4.79 Å². The molecule has 0 aliphatic carbocycles. The highest BCUT2D eigenvalue weighted by atomic mass is 79.9. The molecule has 0 aliphatic heterocycles. The lowest BCUT2D eigenvalue weighted by Crippen LogP contribution is -2.26. The van der Waals surface area contributed by atoms with Crippen LogP contribution in [0.25, 0.3) is 0 Å². The van der Waals surface area contributed by atoms with E-state index in [1.165, 1.54) is 6.07 Å². The van der Waals surface area contributed by atoms with Crippen LogP contribution in [0.4, 0.5) is 10.1 Å². The second kappa shape index (κ2) is 5.84. The molecule has 0 saturated carbocycles. The number of halogens is 2. The predicted octanol–water partition coefficient (Wildman–Crippen LogP) is 2.52. The molecule has 0 saturated heterocycles. The van der Waals surface area contributed by atoms with E-state index < -0.39 is 0 Å². The molecule has 1 aromatic carbocycles. The van der Waals surface area contributed by atoms with Crippen LogP contribution in [0.2, 0.25) is 0 Å². The molecular formula is C11H14BrFN2O. The Labute approximate surface area is 103 Å². The van der Waals surface area contributed by atoms with Gasteiger partial charge in [-0.05, 0) is 41.1 Å². The smallest absolute Gasteiger partial charge is 0.221 e. The van der Waals surface area contributed by atoms with Crippen molar-refractivity contribution in [3.05, 3.63) is 28.5 Å². The molecule has 3 nitrogen and oxygen atoms in total. The minimum atomic E-state index is -0.301. The molecule has 1 aromatic rings. The van der Waals surface area contributed by atoms with Crippen molar-refractivity contribution in [2.75, 3.05) is 12.4 Å². The first-order valence-corrected chi connectivity index (χ1v) is 5.74. The monoisotopic (exact) mass is 288 g/mol. The van der Waals surface area contributed by atoms with E-state index in [-0.39, 0.29) is 17.8 Å². The Morgan fingerprint density at radius 1 is 1.56 bits per heavy atom. The van der Waals surface area contributed by atoms with Crippen LogP contribution in [0.1, 0.15) is 13.3 Å². The van der Waals surface area contributed by atoms with Gasteiger partial charge in [-0.25, -0.2) is 4.39 Å². The Kier molecular flexibility index (Phi) is 4.73. The summed E-state index contributed by atoms with van der Waals surface area (Å²) in [4.78, 5) is 11.1. The highest BCUT2D eigenvalue weighted by Crippen LogP contribution is 2.20. The van der Waals surface area contributed by atoms with E-state index in [0.29, 0.717) is 10.9 Å². The number of rotatable bonds is 4. The average Bonchev–Trinajstić information content (AvgIpc) is 2.23. The first-order chi connectivity index (χ1) is 7.52. The second-order valence-corrected chi connectivity index (χ2v) is 4.41. The molecule has 1 rings (SSSR count). The number of carbonyl (C=O) groups is 1. The van der Waals surface area contributed by atoms with Crippen molar-refractivity contribution in [3.63, 3.8) is 0 Å². The quantitative estimate of drug-likeness (QED) is 0.894. The van der Waals surface area contributed by atoms with Gasteiger partial charge in [-0.2, -0.15) is 0 Å². The molecule has 16 heavy (non-hydrogen) atoms. The van der Waals surface area contributed by atoms with Gasteiger partial charge >= 0.3 is 0 Å². The van der Waals surface area contributed by atoms with Gasteiger partial charge in [0.2, 0.25) is 5.91 Å². The summed E-state index contributed by atoms with van der Waals surface area (Å²) in [6.07, 6.45) is 0.380. The Morgan fingerprint density at radius 3 is 2.81 bits per heavy atom. The van der Waals surface area contributed by atoms with Gasteiger partial charge in [0.25, 0.3) is 0 Å². The fraction of sp³-hybridized carbons (Fsp3) is 0.364. The van der Waals surface area contributed by atoms with Crippen molar-refractivity contribution >= 4 is 27.5 Å². The number of carbonyl (C=O) groups excluding carboxylic acids is 1. The standard InChI is InChI=1S/C11H14BrFN2O/c1-7(5-11(16)14-2)15-8-3-4-10(13)9(12)6-8/h3-4,6-7,15H,5H2,1-2H3,(H,14,16). The van der Waals surface area contributed by atoms with Gasteiger partial charge in [-0.1, -0.05) is 0 Å². The van der Waals surface area contributed by atoms with E-state index in [4.69, 9.17) is 0 Å². The maximum atomic E-state index is 13.0. The summed E-state index contributed by atoms with van der Waals surface area (Å²) >= 11 is 3.11. The lowest BCUT2D eigenvalue weighted by molar-refractivity contribution is -0.120. The van der Waals surface area contributed by atoms with Crippen LogP contribution in [0.5, 0.6) is 0 Å². The molecule has 0 radical (unpaired) electrons. The van der Waals surface area contributed by atoms with Crippen molar-refractivity contribution < 1.29 is 9.18 Å². The lowest BCUT2D eigenvalue weighted by atomic mass is 10.2. The van der Waals surface area contributed by atoms with Crippen LogP contribution in [0.15, 0.2) is 22.7 Å². The summed E-state index contributed by atoms with van der Waals surface area (Å²) in [5, 5.41) is 5.67. The molecule has 0 fully saturated rings. The third kappa shape index (κ3) is 3.81. The first-order valence-electron chi connectivity index (χ1n) is 4.95. The highest BCUT2D eigenvalue weighted by Gasteiger charge is 2.08. The van der Waals surface area contributed by atoms with Crippen LogP contribution < -0.4 is 10.6 Å². The van der Waals surface area contributed by atoms with E-state index >= 15 is 0 Å². The van der Waals surface area contributed by atoms with Crippen molar-refractivity contribution in [1.82, 2.24) is 5.32 Å². The maximum absolute atomic E-state index is 13.0. The van der Waals surface area contributed by atoms with Crippen molar-refractivity contribution in [2.45, 2.75) is 19.4 Å². The van der Waals surface area contributed by atoms with Crippen molar-refractivity contribution in [1.29, 1.82) is 0 Å². The molecule has 5 heteroatoms. The fourth-order valence-corrected chi connectivity index (χ4v) is 1.68. The van der Waals surface area contributed by atoms with Gasteiger partial charge in [0.05, 0.1) is 4.47 Å². The summed E-state index contributed by atoms with van der Waals surface area (Å²) in [6, 6.07) is 4.66. The van der Waals surface area contributed by atoms with Crippen LogP contribution in [-0.4, -0.2) is 19.0 Å². The number of hydrogen-bond acceptors (Lipinski definition) is 2. The molecule has 1 amide bonds. The van der Waals surface area contributed by atoms with E-state index in [0.717, 1.165) is 5.69 Å². The molecule has 1 atom stereocenters. The number of nitrogens with one attached hydrogen (secondary N) is 2. The fourth-order valence-electron chi connectivity index (χ4n) is 1.30. The van der Waals surface area contributed by atoms with Crippen LogP contribution >= 0.6 is 15.9 Å². The molecule has 0 aliphatic rings. The number of anilines is 1. The summed E-state index contributed by atoms with van der Waals surface area (Å²) in [7, 11) is 1.60. The number of amides is 1. The van der Waals surface area contributed by atoms with Gasteiger partial charge in [0.15, 0.2) is 0 Å². The molecule has 0 bridgehead atoms. The molecule has 0 aromatic heterocycles. The first kappa shape index (κ1) is 13.0. The predicted molar refractivity (Wildman–Crippen MR) is 65.9 cm³/mol. The highest BCUT2D eigenvalue weighted by molar-refractivity contribution is 9.10. The molecule has 2 N–H and O–H groups in total. The zero-order valence-corrected chi connectivity index (χ0v) is 10.8. The van der Waals surface area contributed by atoms with Crippen molar-refractivity contribution in [2.24, 2.45) is 0 Å². The van der Waals surface area contributed by atoms with E-state index in [9.17, 15) is 9.18 Å². The maximum Gasteiger partial charge on any atom is 0.221 e. The number of hydrogen-bond donors (Lipinski definition) is 2. The van der Waals surface area contributed by atoms with Gasteiger partial charge in [-0.15, -0.1) is 0 Å². The molecule has 88 valence electrons. The zero-order valence-electron chi connectivity index (χ0n) is 9.18. The van der Waals surface area contributed by atoms with Crippen LogP contribution in [0, 0.1) is 5.82 Å². The minimum Gasteiger partial charge on any atom is -0.382 e. The van der Waals surface area contributed by atoms with Crippen molar-refractivity contribution in [3.8, 4) is 0 Å². The minimum absolute atomic E-state index is 0.00249. The second-order valence-electron chi connectivity index (χ2n) is 3.55. The molecule has 0 spiro atoms.